The van der Waals surface area contributed by atoms with Gasteiger partial charge in [0.2, 0.25) is 5.91 Å². The van der Waals surface area contributed by atoms with Gasteiger partial charge in [0, 0.05) is 13.0 Å². The van der Waals surface area contributed by atoms with E-state index in [4.69, 9.17) is 0 Å². The number of rotatable bonds is 7. The van der Waals surface area contributed by atoms with E-state index in [2.05, 4.69) is 11.8 Å². The zero-order valence-electron chi connectivity index (χ0n) is 15.8. The fourth-order valence-electron chi connectivity index (χ4n) is 4.26. The number of halogens is 2. The van der Waals surface area contributed by atoms with E-state index in [-0.39, 0.29) is 11.6 Å². The van der Waals surface area contributed by atoms with Gasteiger partial charge in [0.05, 0.1) is 5.69 Å². The van der Waals surface area contributed by atoms with Crippen molar-refractivity contribution in [2.75, 3.05) is 31.1 Å². The summed E-state index contributed by atoms with van der Waals surface area (Å²) < 4.78 is 27.9. The number of carbonyl (C=O) groups excluding carboxylic acids is 1. The molecule has 26 heavy (non-hydrogen) atoms. The first-order chi connectivity index (χ1) is 12.6. The number of amides is 1. The van der Waals surface area contributed by atoms with Crippen molar-refractivity contribution in [2.24, 2.45) is 5.92 Å². The van der Waals surface area contributed by atoms with Gasteiger partial charge in [0.1, 0.15) is 0 Å². The normalized spacial score (nSPS) is 19.0. The number of likely N-dealkylation sites (tertiary alicyclic amines) is 1. The van der Waals surface area contributed by atoms with E-state index < -0.39 is 11.6 Å². The summed E-state index contributed by atoms with van der Waals surface area (Å²) in [5, 5.41) is 0. The third kappa shape index (κ3) is 4.43. The number of piperidine rings is 1. The van der Waals surface area contributed by atoms with Crippen molar-refractivity contribution in [1.29, 1.82) is 0 Å². The summed E-state index contributed by atoms with van der Waals surface area (Å²) >= 11 is 0. The van der Waals surface area contributed by atoms with Crippen LogP contribution in [0, 0.1) is 17.6 Å². The summed E-state index contributed by atoms with van der Waals surface area (Å²) in [4.78, 5) is 16.2. The van der Waals surface area contributed by atoms with Crippen LogP contribution in [-0.4, -0.2) is 37.0 Å². The average molecular weight is 364 g/mol. The fraction of sp³-hybridized carbons (Fsp3) is 0.667. The molecule has 2 aliphatic rings. The molecule has 0 spiro atoms. The molecule has 0 saturated carbocycles. The highest BCUT2D eigenvalue weighted by atomic mass is 19.2. The molecule has 0 radical (unpaired) electrons. The molecule has 144 valence electrons. The lowest BCUT2D eigenvalue weighted by Crippen LogP contribution is -2.39. The van der Waals surface area contributed by atoms with E-state index in [0.29, 0.717) is 19.4 Å². The number of hydrogen-bond acceptors (Lipinski definition) is 2. The van der Waals surface area contributed by atoms with Crippen LogP contribution in [0.3, 0.4) is 0 Å². The summed E-state index contributed by atoms with van der Waals surface area (Å²) in [6, 6.07) is 2.76. The van der Waals surface area contributed by atoms with Gasteiger partial charge in [0.25, 0.3) is 0 Å². The summed E-state index contributed by atoms with van der Waals surface area (Å²) in [5.74, 6) is -0.996. The number of fused-ring (bicyclic) bond motifs is 1. The highest BCUT2D eigenvalue weighted by Crippen LogP contribution is 2.32. The lowest BCUT2D eigenvalue weighted by Gasteiger charge is -2.33. The van der Waals surface area contributed by atoms with Crippen molar-refractivity contribution in [3.8, 4) is 0 Å². The van der Waals surface area contributed by atoms with Crippen LogP contribution in [0.5, 0.6) is 0 Å². The second-order valence-corrected chi connectivity index (χ2v) is 7.70. The molecule has 3 nitrogen and oxygen atoms in total. The molecule has 0 unspecified atom stereocenters. The van der Waals surface area contributed by atoms with Crippen LogP contribution in [0.4, 0.5) is 14.5 Å². The average Bonchev–Trinajstić information content (AvgIpc) is 2.65. The number of anilines is 1. The second-order valence-electron chi connectivity index (χ2n) is 7.70. The van der Waals surface area contributed by atoms with Gasteiger partial charge in [-0.15, -0.1) is 0 Å². The van der Waals surface area contributed by atoms with Crippen LogP contribution in [-0.2, 0) is 11.2 Å². The highest BCUT2D eigenvalue weighted by molar-refractivity contribution is 5.96. The first-order valence-electron chi connectivity index (χ1n) is 10.1. The maximum Gasteiger partial charge on any atom is 0.227 e. The number of unbranched alkanes of at least 4 members (excludes halogenated alkanes) is 1. The smallest absolute Gasteiger partial charge is 0.227 e. The van der Waals surface area contributed by atoms with Gasteiger partial charge < -0.3 is 9.80 Å². The molecule has 2 aliphatic heterocycles. The Morgan fingerprint density at radius 2 is 1.85 bits per heavy atom. The lowest BCUT2D eigenvalue weighted by molar-refractivity contribution is -0.119. The SMILES string of the molecule is CCCCC1CCN(CCCN2C(=O)CCc3ccc(F)c(F)c32)CC1. The Morgan fingerprint density at radius 3 is 2.58 bits per heavy atom. The maximum atomic E-state index is 14.3. The van der Waals surface area contributed by atoms with Gasteiger partial charge in [0.15, 0.2) is 11.6 Å². The molecule has 0 atom stereocenters. The van der Waals surface area contributed by atoms with Gasteiger partial charge in [-0.1, -0.05) is 32.3 Å². The summed E-state index contributed by atoms with van der Waals surface area (Å²) in [5.41, 5.74) is 0.903. The number of aryl methyl sites for hydroxylation is 1. The number of benzene rings is 1. The maximum absolute atomic E-state index is 14.3. The number of carbonyl (C=O) groups is 1. The third-order valence-electron chi connectivity index (χ3n) is 5.86. The Morgan fingerprint density at radius 1 is 1.08 bits per heavy atom. The quantitative estimate of drug-likeness (QED) is 0.709. The fourth-order valence-corrected chi connectivity index (χ4v) is 4.26. The van der Waals surface area contributed by atoms with E-state index in [9.17, 15) is 13.6 Å². The van der Waals surface area contributed by atoms with Crippen LogP contribution in [0.1, 0.15) is 57.4 Å². The van der Waals surface area contributed by atoms with E-state index in [0.717, 1.165) is 43.6 Å². The van der Waals surface area contributed by atoms with Crippen molar-refractivity contribution < 1.29 is 13.6 Å². The van der Waals surface area contributed by atoms with Gasteiger partial charge in [-0.05, 0) is 62.9 Å². The predicted molar refractivity (Wildman–Crippen MR) is 100 cm³/mol. The minimum absolute atomic E-state index is 0.0970. The van der Waals surface area contributed by atoms with Crippen LogP contribution in [0.25, 0.3) is 0 Å². The van der Waals surface area contributed by atoms with Crippen molar-refractivity contribution in [3.63, 3.8) is 0 Å². The van der Waals surface area contributed by atoms with Gasteiger partial charge in [-0.3, -0.25) is 4.79 Å². The van der Waals surface area contributed by atoms with E-state index >= 15 is 0 Å². The first kappa shape index (κ1) is 19.3. The van der Waals surface area contributed by atoms with Crippen molar-refractivity contribution in [3.05, 3.63) is 29.3 Å². The molecular formula is C21H30F2N2O. The van der Waals surface area contributed by atoms with E-state index in [1.807, 2.05) is 0 Å². The van der Waals surface area contributed by atoms with Crippen molar-refractivity contribution >= 4 is 11.6 Å². The standard InChI is InChI=1S/C21H30F2N2O/c1-2-3-5-16-10-14-24(15-11-16)12-4-13-25-19(26)9-7-17-6-8-18(22)20(23)21(17)25/h6,8,16H,2-5,7,9-15H2,1H3. The minimum Gasteiger partial charge on any atom is -0.309 e. The highest BCUT2D eigenvalue weighted by Gasteiger charge is 2.28. The molecule has 2 heterocycles. The van der Waals surface area contributed by atoms with Gasteiger partial charge in [-0.2, -0.15) is 0 Å². The van der Waals surface area contributed by atoms with Crippen LogP contribution < -0.4 is 4.90 Å². The largest absolute Gasteiger partial charge is 0.309 e. The predicted octanol–water partition coefficient (Wildman–Crippen LogP) is 4.54. The Labute approximate surface area is 155 Å². The molecule has 5 heteroatoms. The molecule has 0 N–H and O–H groups in total. The van der Waals surface area contributed by atoms with Gasteiger partial charge in [-0.25, -0.2) is 8.78 Å². The molecular weight excluding hydrogens is 334 g/mol. The monoisotopic (exact) mass is 364 g/mol. The van der Waals surface area contributed by atoms with E-state index in [1.54, 1.807) is 6.07 Å². The van der Waals surface area contributed by atoms with Crippen molar-refractivity contribution in [1.82, 2.24) is 4.90 Å². The molecule has 3 rings (SSSR count). The summed E-state index contributed by atoms with van der Waals surface area (Å²) in [6.07, 6.45) is 8.10. The first-order valence-corrected chi connectivity index (χ1v) is 10.1. The second kappa shape index (κ2) is 8.94. The third-order valence-corrected chi connectivity index (χ3v) is 5.86. The van der Waals surface area contributed by atoms with Gasteiger partial charge >= 0.3 is 0 Å². The van der Waals surface area contributed by atoms with Crippen LogP contribution in [0.15, 0.2) is 12.1 Å². The molecule has 0 bridgehead atoms. The number of nitrogens with zero attached hydrogens (tertiary/aromatic N) is 2. The minimum atomic E-state index is -0.882. The molecule has 1 fully saturated rings. The Balaban J connectivity index is 1.52. The van der Waals surface area contributed by atoms with Crippen molar-refractivity contribution in [2.45, 2.75) is 58.3 Å². The lowest BCUT2D eigenvalue weighted by atomic mass is 9.91. The van der Waals surface area contributed by atoms with E-state index in [1.165, 1.54) is 37.0 Å². The summed E-state index contributed by atoms with van der Waals surface area (Å²) in [6.45, 7) is 5.84. The molecule has 1 aromatic rings. The zero-order valence-corrected chi connectivity index (χ0v) is 15.8. The zero-order chi connectivity index (χ0) is 18.5. The molecule has 1 aromatic carbocycles. The molecule has 0 aromatic heterocycles. The Bertz CT molecular complexity index is 627. The molecule has 1 saturated heterocycles. The molecule has 0 aliphatic carbocycles. The van der Waals surface area contributed by atoms with Crippen LogP contribution >= 0.6 is 0 Å². The Hall–Kier alpha value is -1.49. The topological polar surface area (TPSA) is 23.6 Å². The summed E-state index contributed by atoms with van der Waals surface area (Å²) in [7, 11) is 0. The van der Waals surface area contributed by atoms with Crippen LogP contribution in [0.2, 0.25) is 0 Å². The Kier molecular flexibility index (Phi) is 6.63. The molecule has 1 amide bonds. The number of hydrogen-bond donors (Lipinski definition) is 0.